The summed E-state index contributed by atoms with van der Waals surface area (Å²) in [6, 6.07) is 15.9. The van der Waals surface area contributed by atoms with Gasteiger partial charge in [0.25, 0.3) is 0 Å². The topological polar surface area (TPSA) is 12.0 Å². The van der Waals surface area contributed by atoms with E-state index in [-0.39, 0.29) is 0 Å². The summed E-state index contributed by atoms with van der Waals surface area (Å²) in [5, 5.41) is 3.46. The molecule has 0 aliphatic carbocycles. The van der Waals surface area contributed by atoms with Gasteiger partial charge in [0, 0.05) is 9.61 Å². The zero-order chi connectivity index (χ0) is 14.5. The lowest BCUT2D eigenvalue weighted by Crippen LogP contribution is -2.20. The predicted molar refractivity (Wildman–Crippen MR) is 95.2 cm³/mol. The van der Waals surface area contributed by atoms with Gasteiger partial charge in [-0.05, 0) is 71.7 Å². The second kappa shape index (κ2) is 7.23. The van der Waals surface area contributed by atoms with Crippen molar-refractivity contribution in [3.63, 3.8) is 0 Å². The highest BCUT2D eigenvalue weighted by Gasteiger charge is 2.14. The van der Waals surface area contributed by atoms with Gasteiger partial charge < -0.3 is 5.32 Å². The maximum absolute atomic E-state index is 3.46. The van der Waals surface area contributed by atoms with Crippen molar-refractivity contribution in [2.75, 3.05) is 7.05 Å². The van der Waals surface area contributed by atoms with Gasteiger partial charge in [0.15, 0.2) is 0 Å². The molecule has 0 bridgehead atoms. The van der Waals surface area contributed by atoms with Crippen molar-refractivity contribution in [1.82, 2.24) is 5.32 Å². The molecule has 106 valence electrons. The van der Waals surface area contributed by atoms with Crippen molar-refractivity contribution < 1.29 is 0 Å². The molecule has 2 aromatic rings. The van der Waals surface area contributed by atoms with Crippen LogP contribution in [0, 0.1) is 10.5 Å². The van der Waals surface area contributed by atoms with Gasteiger partial charge >= 0.3 is 0 Å². The molecule has 0 spiro atoms. The summed E-state index contributed by atoms with van der Waals surface area (Å²) in [7, 11) is 2.05. The van der Waals surface area contributed by atoms with Crippen LogP contribution in [0.3, 0.4) is 0 Å². The Morgan fingerprint density at radius 1 is 1.05 bits per heavy atom. The van der Waals surface area contributed by atoms with E-state index in [1.54, 1.807) is 0 Å². The van der Waals surface area contributed by atoms with Crippen molar-refractivity contribution in [3.05, 3.63) is 68.3 Å². The van der Waals surface area contributed by atoms with Crippen LogP contribution < -0.4 is 5.32 Å². The Morgan fingerprint density at radius 3 is 2.30 bits per heavy atom. The molecule has 0 fully saturated rings. The molecule has 0 heterocycles. The van der Waals surface area contributed by atoms with Crippen LogP contribution in [0.5, 0.6) is 0 Å². The normalized spacial score (nSPS) is 12.4. The van der Waals surface area contributed by atoms with Crippen LogP contribution in [0.2, 0.25) is 0 Å². The van der Waals surface area contributed by atoms with Crippen molar-refractivity contribution in [2.45, 2.75) is 32.7 Å². The lowest BCUT2D eigenvalue weighted by Gasteiger charge is -2.19. The van der Waals surface area contributed by atoms with E-state index in [1.807, 2.05) is 7.05 Å². The van der Waals surface area contributed by atoms with E-state index in [4.69, 9.17) is 0 Å². The fourth-order valence-corrected chi connectivity index (χ4v) is 3.19. The summed E-state index contributed by atoms with van der Waals surface area (Å²) in [5.41, 5.74) is 5.54. The maximum Gasteiger partial charge on any atom is 0.0369 e. The van der Waals surface area contributed by atoms with Gasteiger partial charge in [-0.15, -0.1) is 0 Å². The molecule has 0 saturated heterocycles. The molecule has 20 heavy (non-hydrogen) atoms. The molecular formula is C18H22IN. The number of nitrogens with one attached hydrogen (secondary N) is 1. The number of benzene rings is 2. The standard InChI is InChI=1S/C18H22IN/c1-4-14-8-10-15(11-9-14)12-17(20-3)16-7-5-6-13(2)18(16)19/h5-11,17,20H,4,12H2,1-3H3. The second-order valence-corrected chi connectivity index (χ2v) is 6.27. The second-order valence-electron chi connectivity index (χ2n) is 5.19. The van der Waals surface area contributed by atoms with Crippen LogP contribution in [0.15, 0.2) is 42.5 Å². The van der Waals surface area contributed by atoms with Gasteiger partial charge in [0.1, 0.15) is 0 Å². The van der Waals surface area contributed by atoms with E-state index in [2.05, 4.69) is 84.2 Å². The Labute approximate surface area is 135 Å². The van der Waals surface area contributed by atoms with E-state index in [0.29, 0.717) is 6.04 Å². The molecule has 0 saturated carbocycles. The zero-order valence-corrected chi connectivity index (χ0v) is 14.6. The van der Waals surface area contributed by atoms with Crippen LogP contribution in [-0.2, 0) is 12.8 Å². The molecule has 0 aromatic heterocycles. The number of likely N-dealkylation sites (N-methyl/N-ethyl adjacent to an activating group) is 1. The molecule has 1 atom stereocenters. The lowest BCUT2D eigenvalue weighted by atomic mass is 9.97. The fourth-order valence-electron chi connectivity index (χ4n) is 2.45. The molecule has 2 rings (SSSR count). The van der Waals surface area contributed by atoms with Gasteiger partial charge in [-0.3, -0.25) is 0 Å². The Hall–Kier alpha value is -0.870. The van der Waals surface area contributed by atoms with Gasteiger partial charge in [-0.1, -0.05) is 49.4 Å². The molecule has 1 unspecified atom stereocenters. The van der Waals surface area contributed by atoms with Gasteiger partial charge in [-0.25, -0.2) is 0 Å². The third-order valence-corrected chi connectivity index (χ3v) is 5.29. The Kier molecular flexibility index (Phi) is 5.61. The summed E-state index contributed by atoms with van der Waals surface area (Å²) in [5.74, 6) is 0. The number of rotatable bonds is 5. The van der Waals surface area contributed by atoms with E-state index >= 15 is 0 Å². The summed E-state index contributed by atoms with van der Waals surface area (Å²) >= 11 is 2.46. The Bertz CT molecular complexity index is 560. The van der Waals surface area contributed by atoms with Gasteiger partial charge in [0.2, 0.25) is 0 Å². The molecule has 0 aliphatic heterocycles. The highest BCUT2D eigenvalue weighted by atomic mass is 127. The first kappa shape index (κ1) is 15.5. The van der Waals surface area contributed by atoms with Gasteiger partial charge in [-0.2, -0.15) is 0 Å². The van der Waals surface area contributed by atoms with E-state index < -0.39 is 0 Å². The highest BCUT2D eigenvalue weighted by molar-refractivity contribution is 14.1. The maximum atomic E-state index is 3.46. The molecular weight excluding hydrogens is 357 g/mol. The van der Waals surface area contributed by atoms with E-state index in [1.165, 1.54) is 25.8 Å². The summed E-state index contributed by atoms with van der Waals surface area (Å²) < 4.78 is 1.37. The minimum atomic E-state index is 0.370. The fraction of sp³-hybridized carbons (Fsp3) is 0.333. The first-order chi connectivity index (χ1) is 9.65. The van der Waals surface area contributed by atoms with Crippen LogP contribution in [-0.4, -0.2) is 7.05 Å². The molecule has 0 radical (unpaired) electrons. The van der Waals surface area contributed by atoms with Gasteiger partial charge in [0.05, 0.1) is 0 Å². The molecule has 2 heteroatoms. The third kappa shape index (κ3) is 3.61. The Balaban J connectivity index is 2.21. The van der Waals surface area contributed by atoms with Crippen molar-refractivity contribution in [1.29, 1.82) is 0 Å². The SMILES string of the molecule is CCc1ccc(CC(NC)c2cccc(C)c2I)cc1. The number of halogens is 1. The number of hydrogen-bond donors (Lipinski definition) is 1. The number of aryl methyl sites for hydroxylation is 2. The average Bonchev–Trinajstić information content (AvgIpc) is 2.48. The van der Waals surface area contributed by atoms with E-state index in [9.17, 15) is 0 Å². The summed E-state index contributed by atoms with van der Waals surface area (Å²) in [6.45, 7) is 4.37. The first-order valence-electron chi connectivity index (χ1n) is 7.15. The quantitative estimate of drug-likeness (QED) is 0.745. The predicted octanol–water partition coefficient (Wildman–Crippen LogP) is 4.67. The molecule has 1 N–H and O–H groups in total. The van der Waals surface area contributed by atoms with Crippen LogP contribution in [0.4, 0.5) is 0 Å². The summed E-state index contributed by atoms with van der Waals surface area (Å²) in [4.78, 5) is 0. The van der Waals surface area contributed by atoms with E-state index in [0.717, 1.165) is 12.8 Å². The molecule has 2 aromatic carbocycles. The first-order valence-corrected chi connectivity index (χ1v) is 8.23. The monoisotopic (exact) mass is 379 g/mol. The molecule has 1 nitrogen and oxygen atoms in total. The van der Waals surface area contributed by atoms with Crippen LogP contribution in [0.1, 0.15) is 35.2 Å². The number of hydrogen-bond acceptors (Lipinski definition) is 1. The van der Waals surface area contributed by atoms with Crippen LogP contribution >= 0.6 is 22.6 Å². The highest BCUT2D eigenvalue weighted by Crippen LogP contribution is 2.25. The third-order valence-electron chi connectivity index (χ3n) is 3.82. The summed E-state index contributed by atoms with van der Waals surface area (Å²) in [6.07, 6.45) is 2.13. The van der Waals surface area contributed by atoms with Crippen molar-refractivity contribution in [2.24, 2.45) is 0 Å². The lowest BCUT2D eigenvalue weighted by molar-refractivity contribution is 0.589. The minimum absolute atomic E-state index is 0.370. The van der Waals surface area contributed by atoms with Crippen molar-refractivity contribution in [3.8, 4) is 0 Å². The van der Waals surface area contributed by atoms with Crippen molar-refractivity contribution >= 4 is 22.6 Å². The smallest absolute Gasteiger partial charge is 0.0369 e. The largest absolute Gasteiger partial charge is 0.313 e. The minimum Gasteiger partial charge on any atom is -0.313 e. The average molecular weight is 379 g/mol. The Morgan fingerprint density at radius 2 is 1.70 bits per heavy atom. The van der Waals surface area contributed by atoms with Crippen LogP contribution in [0.25, 0.3) is 0 Å². The zero-order valence-electron chi connectivity index (χ0n) is 12.4. The molecule has 0 aliphatic rings. The molecule has 0 amide bonds.